The molecular formula is C9H13ClN4OS. The van der Waals surface area contributed by atoms with Crippen molar-refractivity contribution in [2.75, 3.05) is 0 Å². The van der Waals surface area contributed by atoms with E-state index in [-0.39, 0.29) is 10.9 Å². The molecule has 0 amide bonds. The van der Waals surface area contributed by atoms with Crippen molar-refractivity contribution in [2.45, 2.75) is 25.2 Å². The van der Waals surface area contributed by atoms with E-state index in [1.807, 2.05) is 27.0 Å². The molecule has 0 bridgehead atoms. The zero-order valence-corrected chi connectivity index (χ0v) is 10.9. The molecule has 0 spiro atoms. The molecule has 1 aromatic rings. The Kier molecular flexibility index (Phi) is 3.14. The van der Waals surface area contributed by atoms with E-state index in [0.29, 0.717) is 5.75 Å². The third kappa shape index (κ3) is 2.69. The van der Waals surface area contributed by atoms with Crippen LogP contribution in [-0.2, 0) is 17.6 Å². The van der Waals surface area contributed by atoms with Crippen molar-refractivity contribution in [1.82, 2.24) is 20.2 Å². The van der Waals surface area contributed by atoms with Gasteiger partial charge in [-0.15, -0.1) is 5.10 Å². The van der Waals surface area contributed by atoms with Crippen molar-refractivity contribution in [2.24, 2.45) is 7.05 Å². The summed E-state index contributed by atoms with van der Waals surface area (Å²) in [4.78, 5) is 9.45. The second kappa shape index (κ2) is 4.27. The summed E-state index contributed by atoms with van der Waals surface area (Å²) in [6.07, 6.45) is 2.04. The van der Waals surface area contributed by atoms with Gasteiger partial charge in [0.05, 0.1) is 10.8 Å². The quantitative estimate of drug-likeness (QED) is 0.899. The van der Waals surface area contributed by atoms with Crippen LogP contribution >= 0.6 is 23.4 Å². The molecule has 2 rings (SSSR count). The van der Waals surface area contributed by atoms with Crippen LogP contribution in [0.25, 0.3) is 0 Å². The Labute approximate surface area is 103 Å². The predicted octanol–water partition coefficient (Wildman–Crippen LogP) is 1.86. The smallest absolute Gasteiger partial charge is 0.242 e. The highest BCUT2D eigenvalue weighted by atomic mass is 35.5. The molecule has 1 aliphatic rings. The standard InChI is InChI=1S/C9H13ClN4OS/c1-9(2)4-7(13-15-9)16-5-6-11-8(10)12-14(6)3/h4,13H,5H2,1-3H3. The lowest BCUT2D eigenvalue weighted by atomic mass is 10.1. The van der Waals surface area contributed by atoms with Gasteiger partial charge in [-0.2, -0.15) is 0 Å². The van der Waals surface area contributed by atoms with Crippen LogP contribution in [0.2, 0.25) is 5.28 Å². The van der Waals surface area contributed by atoms with Gasteiger partial charge in [-0.1, -0.05) is 11.8 Å². The highest BCUT2D eigenvalue weighted by molar-refractivity contribution is 8.02. The Bertz CT molecular complexity index is 429. The van der Waals surface area contributed by atoms with E-state index in [4.69, 9.17) is 16.4 Å². The Balaban J connectivity index is 1.96. The largest absolute Gasteiger partial charge is 0.265 e. The summed E-state index contributed by atoms with van der Waals surface area (Å²) >= 11 is 7.31. The van der Waals surface area contributed by atoms with E-state index >= 15 is 0 Å². The normalized spacial score (nSPS) is 18.4. The maximum atomic E-state index is 5.70. The lowest BCUT2D eigenvalue weighted by Gasteiger charge is -2.11. The maximum Gasteiger partial charge on any atom is 0.242 e. The van der Waals surface area contributed by atoms with Crippen molar-refractivity contribution < 1.29 is 4.84 Å². The summed E-state index contributed by atoms with van der Waals surface area (Å²) in [7, 11) is 1.83. The summed E-state index contributed by atoms with van der Waals surface area (Å²) in [5.41, 5.74) is 2.63. The summed E-state index contributed by atoms with van der Waals surface area (Å²) in [6.45, 7) is 3.99. The molecule has 0 aromatic carbocycles. The van der Waals surface area contributed by atoms with Gasteiger partial charge in [0.25, 0.3) is 0 Å². The zero-order chi connectivity index (χ0) is 11.8. The van der Waals surface area contributed by atoms with Crippen LogP contribution in [0.5, 0.6) is 0 Å². The molecule has 0 radical (unpaired) electrons. The molecule has 0 fully saturated rings. The van der Waals surface area contributed by atoms with Gasteiger partial charge in [-0.25, -0.2) is 4.98 Å². The highest BCUT2D eigenvalue weighted by Crippen LogP contribution is 2.27. The molecule has 0 saturated carbocycles. The van der Waals surface area contributed by atoms with Gasteiger partial charge in [0.2, 0.25) is 5.28 Å². The molecule has 2 heterocycles. The number of hydroxylamine groups is 1. The van der Waals surface area contributed by atoms with Crippen LogP contribution in [0, 0.1) is 0 Å². The van der Waals surface area contributed by atoms with Gasteiger partial charge in [-0.3, -0.25) is 15.0 Å². The molecule has 1 aromatic heterocycles. The molecule has 5 nitrogen and oxygen atoms in total. The first-order valence-electron chi connectivity index (χ1n) is 4.81. The second-order valence-electron chi connectivity index (χ2n) is 4.03. The van der Waals surface area contributed by atoms with Gasteiger partial charge in [0.1, 0.15) is 11.4 Å². The minimum Gasteiger partial charge on any atom is -0.265 e. The van der Waals surface area contributed by atoms with Gasteiger partial charge in [0, 0.05) is 7.05 Å². The SMILES string of the molecule is Cn1nc(Cl)nc1CSC1=CC(C)(C)ON1. The molecule has 0 atom stereocenters. The van der Waals surface area contributed by atoms with Crippen molar-refractivity contribution >= 4 is 23.4 Å². The van der Waals surface area contributed by atoms with Crippen molar-refractivity contribution in [3.63, 3.8) is 0 Å². The van der Waals surface area contributed by atoms with Gasteiger partial charge in [0.15, 0.2) is 0 Å². The molecule has 16 heavy (non-hydrogen) atoms. The van der Waals surface area contributed by atoms with E-state index in [1.165, 1.54) is 0 Å². The van der Waals surface area contributed by atoms with Crippen molar-refractivity contribution in [1.29, 1.82) is 0 Å². The molecular weight excluding hydrogens is 248 g/mol. The van der Waals surface area contributed by atoms with Crippen LogP contribution in [0.3, 0.4) is 0 Å². The molecule has 7 heteroatoms. The van der Waals surface area contributed by atoms with Crippen LogP contribution in [0.4, 0.5) is 0 Å². The third-order valence-corrected chi connectivity index (χ3v) is 3.15. The number of aryl methyl sites for hydroxylation is 1. The zero-order valence-electron chi connectivity index (χ0n) is 9.32. The number of nitrogens with zero attached hydrogens (tertiary/aromatic N) is 3. The van der Waals surface area contributed by atoms with E-state index < -0.39 is 0 Å². The maximum absolute atomic E-state index is 5.70. The minimum atomic E-state index is -0.250. The van der Waals surface area contributed by atoms with Gasteiger partial charge >= 0.3 is 0 Å². The molecule has 0 aliphatic carbocycles. The molecule has 88 valence electrons. The second-order valence-corrected chi connectivity index (χ2v) is 5.38. The van der Waals surface area contributed by atoms with Crippen LogP contribution < -0.4 is 5.48 Å². The van der Waals surface area contributed by atoms with E-state index in [0.717, 1.165) is 10.9 Å². The lowest BCUT2D eigenvalue weighted by Crippen LogP contribution is -2.20. The molecule has 0 saturated heterocycles. The first-order chi connectivity index (χ1) is 7.46. The fourth-order valence-electron chi connectivity index (χ4n) is 1.28. The number of nitrogens with one attached hydrogen (secondary N) is 1. The first-order valence-corrected chi connectivity index (χ1v) is 6.18. The predicted molar refractivity (Wildman–Crippen MR) is 63.7 cm³/mol. The average molecular weight is 261 g/mol. The number of rotatable bonds is 3. The number of halogens is 1. The van der Waals surface area contributed by atoms with E-state index in [2.05, 4.69) is 15.6 Å². The van der Waals surface area contributed by atoms with Gasteiger partial charge in [-0.05, 0) is 31.5 Å². The summed E-state index contributed by atoms with van der Waals surface area (Å²) < 4.78 is 1.68. The van der Waals surface area contributed by atoms with Crippen LogP contribution in [0.1, 0.15) is 19.7 Å². The molecule has 1 N–H and O–H groups in total. The fraction of sp³-hybridized carbons (Fsp3) is 0.556. The van der Waals surface area contributed by atoms with Crippen LogP contribution in [-0.4, -0.2) is 20.4 Å². The first kappa shape index (κ1) is 11.8. The Morgan fingerprint density at radius 3 is 2.88 bits per heavy atom. The minimum absolute atomic E-state index is 0.250. The Morgan fingerprint density at radius 1 is 1.62 bits per heavy atom. The highest BCUT2D eigenvalue weighted by Gasteiger charge is 2.24. The van der Waals surface area contributed by atoms with E-state index in [9.17, 15) is 0 Å². The van der Waals surface area contributed by atoms with Crippen LogP contribution in [0.15, 0.2) is 11.1 Å². The number of thioether (sulfide) groups is 1. The molecule has 0 unspecified atom stereocenters. The fourth-order valence-corrected chi connectivity index (χ4v) is 2.49. The average Bonchev–Trinajstić information content (AvgIpc) is 2.66. The van der Waals surface area contributed by atoms with Crippen molar-refractivity contribution in [3.05, 3.63) is 22.2 Å². The van der Waals surface area contributed by atoms with Gasteiger partial charge < -0.3 is 0 Å². The Morgan fingerprint density at radius 2 is 2.38 bits per heavy atom. The third-order valence-electron chi connectivity index (χ3n) is 2.08. The van der Waals surface area contributed by atoms with E-state index in [1.54, 1.807) is 16.4 Å². The summed E-state index contributed by atoms with van der Waals surface area (Å²) in [6, 6.07) is 0. The van der Waals surface area contributed by atoms with Crippen molar-refractivity contribution in [3.8, 4) is 0 Å². The number of hydrogen-bond donors (Lipinski definition) is 1. The number of aromatic nitrogens is 3. The monoisotopic (exact) mass is 260 g/mol. The summed E-state index contributed by atoms with van der Waals surface area (Å²) in [5, 5.41) is 5.24. The number of hydrogen-bond acceptors (Lipinski definition) is 5. The summed E-state index contributed by atoms with van der Waals surface area (Å²) in [5.74, 6) is 1.54. The topological polar surface area (TPSA) is 52.0 Å². The Hall–Kier alpha value is -0.720. The molecule has 1 aliphatic heterocycles. The lowest BCUT2D eigenvalue weighted by molar-refractivity contribution is -0.0126.